The maximum atomic E-state index is 13.4. The van der Waals surface area contributed by atoms with Gasteiger partial charge in [0.2, 0.25) is 5.91 Å². The second-order valence-corrected chi connectivity index (χ2v) is 9.05. The Labute approximate surface area is 200 Å². The summed E-state index contributed by atoms with van der Waals surface area (Å²) in [4.78, 5) is 33.6. The number of benzene rings is 2. The molecule has 0 radical (unpaired) electrons. The molecule has 6 nitrogen and oxygen atoms in total. The Morgan fingerprint density at radius 2 is 1.82 bits per heavy atom. The number of aryl methyl sites for hydroxylation is 1. The summed E-state index contributed by atoms with van der Waals surface area (Å²) in [5.74, 6) is 0.500. The zero-order valence-electron chi connectivity index (χ0n) is 18.7. The molecule has 170 valence electrons. The molecule has 5 rings (SSSR count). The number of rotatable bonds is 7. The Morgan fingerprint density at radius 1 is 1.03 bits per heavy atom. The Bertz CT molecular complexity index is 1470. The third kappa shape index (κ3) is 4.56. The van der Waals surface area contributed by atoms with E-state index in [1.165, 1.54) is 22.2 Å². The molecule has 0 saturated heterocycles. The second-order valence-electron chi connectivity index (χ2n) is 8.19. The predicted octanol–water partition coefficient (Wildman–Crippen LogP) is 5.26. The maximum Gasteiger partial charge on any atom is 0.263 e. The molecule has 34 heavy (non-hydrogen) atoms. The van der Waals surface area contributed by atoms with Crippen LogP contribution >= 0.6 is 11.3 Å². The van der Waals surface area contributed by atoms with Gasteiger partial charge in [-0.15, -0.1) is 11.3 Å². The van der Waals surface area contributed by atoms with Gasteiger partial charge < -0.3 is 9.32 Å². The molecule has 0 unspecified atom stereocenters. The quantitative estimate of drug-likeness (QED) is 0.326. The van der Waals surface area contributed by atoms with Crippen molar-refractivity contribution >= 4 is 27.5 Å². The smallest absolute Gasteiger partial charge is 0.263 e. The van der Waals surface area contributed by atoms with Gasteiger partial charge in [-0.05, 0) is 30.2 Å². The fourth-order valence-corrected chi connectivity index (χ4v) is 4.80. The van der Waals surface area contributed by atoms with Crippen LogP contribution in [-0.2, 0) is 24.4 Å². The third-order valence-corrected chi connectivity index (χ3v) is 6.61. The highest BCUT2D eigenvalue weighted by atomic mass is 32.1. The molecule has 0 aliphatic carbocycles. The topological polar surface area (TPSA) is 68.3 Å². The van der Waals surface area contributed by atoms with Crippen molar-refractivity contribution in [1.82, 2.24) is 14.5 Å². The number of furan rings is 1. The van der Waals surface area contributed by atoms with Crippen LogP contribution in [0.4, 0.5) is 0 Å². The van der Waals surface area contributed by atoms with Gasteiger partial charge in [-0.2, -0.15) is 0 Å². The van der Waals surface area contributed by atoms with Crippen molar-refractivity contribution < 1.29 is 9.21 Å². The van der Waals surface area contributed by atoms with Crippen LogP contribution in [0, 0.1) is 6.92 Å². The van der Waals surface area contributed by atoms with Crippen LogP contribution in [0.25, 0.3) is 21.3 Å². The molecule has 0 bridgehead atoms. The normalized spacial score (nSPS) is 11.1. The minimum Gasteiger partial charge on any atom is -0.467 e. The molecule has 0 spiro atoms. The van der Waals surface area contributed by atoms with Crippen LogP contribution < -0.4 is 5.56 Å². The molecule has 0 aliphatic heterocycles. The predicted molar refractivity (Wildman–Crippen MR) is 133 cm³/mol. The van der Waals surface area contributed by atoms with Crippen molar-refractivity contribution in [3.05, 3.63) is 112 Å². The lowest BCUT2D eigenvalue weighted by Crippen LogP contribution is -2.35. The van der Waals surface area contributed by atoms with Gasteiger partial charge in [0.1, 0.15) is 17.1 Å². The molecule has 0 saturated carbocycles. The van der Waals surface area contributed by atoms with Gasteiger partial charge >= 0.3 is 0 Å². The van der Waals surface area contributed by atoms with E-state index in [2.05, 4.69) is 4.98 Å². The number of hydrogen-bond acceptors (Lipinski definition) is 5. The van der Waals surface area contributed by atoms with Gasteiger partial charge in [-0.1, -0.05) is 60.2 Å². The molecule has 3 aromatic heterocycles. The van der Waals surface area contributed by atoms with Gasteiger partial charge in [0.25, 0.3) is 5.56 Å². The Balaban J connectivity index is 1.46. The van der Waals surface area contributed by atoms with Crippen LogP contribution in [0.15, 0.2) is 93.9 Å². The van der Waals surface area contributed by atoms with Gasteiger partial charge in [0.05, 0.1) is 24.5 Å². The number of thiophene rings is 1. The summed E-state index contributed by atoms with van der Waals surface area (Å²) >= 11 is 1.43. The summed E-state index contributed by atoms with van der Waals surface area (Å²) in [7, 11) is 0. The second kappa shape index (κ2) is 9.49. The molecule has 7 heteroatoms. The van der Waals surface area contributed by atoms with Crippen molar-refractivity contribution in [2.75, 3.05) is 0 Å². The molecule has 0 atom stereocenters. The van der Waals surface area contributed by atoms with Crippen molar-refractivity contribution in [3.63, 3.8) is 0 Å². The number of fused-ring (bicyclic) bond motifs is 1. The summed E-state index contributed by atoms with van der Waals surface area (Å²) in [6, 6.07) is 21.5. The Morgan fingerprint density at radius 3 is 2.56 bits per heavy atom. The van der Waals surface area contributed by atoms with E-state index in [1.54, 1.807) is 17.2 Å². The van der Waals surface area contributed by atoms with Crippen molar-refractivity contribution in [3.8, 4) is 11.1 Å². The Hall–Kier alpha value is -3.97. The van der Waals surface area contributed by atoms with Crippen LogP contribution in [0.3, 0.4) is 0 Å². The fraction of sp³-hybridized carbons (Fsp3) is 0.148. The largest absolute Gasteiger partial charge is 0.467 e. The Kier molecular flexibility index (Phi) is 6.10. The molecular formula is C27H23N3O3S. The number of amides is 1. The van der Waals surface area contributed by atoms with Gasteiger partial charge in [0.15, 0.2) is 0 Å². The van der Waals surface area contributed by atoms with Crippen molar-refractivity contribution in [1.29, 1.82) is 0 Å². The molecule has 3 heterocycles. The fourth-order valence-electron chi connectivity index (χ4n) is 3.90. The van der Waals surface area contributed by atoms with E-state index in [0.717, 1.165) is 22.3 Å². The summed E-state index contributed by atoms with van der Waals surface area (Å²) in [6.45, 7) is 2.66. The monoisotopic (exact) mass is 469 g/mol. The summed E-state index contributed by atoms with van der Waals surface area (Å²) in [5, 5.41) is 2.50. The zero-order chi connectivity index (χ0) is 23.5. The van der Waals surface area contributed by atoms with Crippen LogP contribution in [-0.4, -0.2) is 20.4 Å². The molecule has 5 aromatic rings. The zero-order valence-corrected chi connectivity index (χ0v) is 19.5. The van der Waals surface area contributed by atoms with E-state index >= 15 is 0 Å². The third-order valence-electron chi connectivity index (χ3n) is 5.72. The number of aromatic nitrogens is 2. The molecule has 1 amide bonds. The van der Waals surface area contributed by atoms with E-state index in [9.17, 15) is 9.59 Å². The van der Waals surface area contributed by atoms with Gasteiger partial charge in [-0.3, -0.25) is 14.2 Å². The average Bonchev–Trinajstić information content (AvgIpc) is 3.52. The first-order chi connectivity index (χ1) is 16.6. The van der Waals surface area contributed by atoms with E-state index < -0.39 is 0 Å². The van der Waals surface area contributed by atoms with Crippen molar-refractivity contribution in [2.45, 2.75) is 26.6 Å². The highest BCUT2D eigenvalue weighted by Gasteiger charge is 2.19. The highest BCUT2D eigenvalue weighted by Crippen LogP contribution is 2.30. The number of nitrogens with zero attached hydrogens (tertiary/aromatic N) is 3. The van der Waals surface area contributed by atoms with E-state index in [1.807, 2.05) is 73.0 Å². The number of carbonyl (C=O) groups excluding carboxylic acids is 1. The standard InChI is InChI=1S/C27H23N3O3S/c1-19-9-11-21(12-10-19)23-17-34-26-25(23)27(32)30(18-28-26)16-24(31)29(15-22-8-5-13-33-22)14-20-6-3-2-4-7-20/h2-13,17-18H,14-16H2,1H3. The van der Waals surface area contributed by atoms with E-state index in [4.69, 9.17) is 4.42 Å². The average molecular weight is 470 g/mol. The van der Waals surface area contributed by atoms with Crippen LogP contribution in [0.5, 0.6) is 0 Å². The van der Waals surface area contributed by atoms with E-state index in [-0.39, 0.29) is 18.0 Å². The first kappa shape index (κ1) is 21.9. The number of carbonyl (C=O) groups is 1. The molecular weight excluding hydrogens is 446 g/mol. The molecule has 0 aliphatic rings. The molecule has 2 aromatic carbocycles. The van der Waals surface area contributed by atoms with Crippen LogP contribution in [0.1, 0.15) is 16.9 Å². The van der Waals surface area contributed by atoms with Crippen molar-refractivity contribution in [2.24, 2.45) is 0 Å². The number of hydrogen-bond donors (Lipinski definition) is 0. The SMILES string of the molecule is Cc1ccc(-c2csc3ncn(CC(=O)N(Cc4ccccc4)Cc4ccco4)c(=O)c23)cc1. The first-order valence-corrected chi connectivity index (χ1v) is 11.8. The molecule has 0 fully saturated rings. The van der Waals surface area contributed by atoms with Gasteiger partial charge in [-0.25, -0.2) is 4.98 Å². The van der Waals surface area contributed by atoms with E-state index in [0.29, 0.717) is 29.1 Å². The highest BCUT2D eigenvalue weighted by molar-refractivity contribution is 7.17. The summed E-state index contributed by atoms with van der Waals surface area (Å²) in [6.07, 6.45) is 3.05. The summed E-state index contributed by atoms with van der Waals surface area (Å²) in [5.41, 5.74) is 3.74. The molecule has 0 N–H and O–H groups in total. The lowest BCUT2D eigenvalue weighted by Gasteiger charge is -2.22. The minimum atomic E-state index is -0.215. The maximum absolute atomic E-state index is 13.4. The minimum absolute atomic E-state index is 0.0987. The summed E-state index contributed by atoms with van der Waals surface area (Å²) < 4.78 is 6.87. The van der Waals surface area contributed by atoms with Gasteiger partial charge in [0, 0.05) is 17.5 Å². The van der Waals surface area contributed by atoms with Crippen LogP contribution in [0.2, 0.25) is 0 Å². The lowest BCUT2D eigenvalue weighted by molar-refractivity contribution is -0.133. The lowest BCUT2D eigenvalue weighted by atomic mass is 10.1. The first-order valence-electron chi connectivity index (χ1n) is 11.0.